The molecule has 0 unspecified atom stereocenters. The maximum atomic E-state index is 13.0. The van der Waals surface area contributed by atoms with Crippen molar-refractivity contribution in [1.29, 1.82) is 0 Å². The van der Waals surface area contributed by atoms with Crippen LogP contribution in [0, 0.1) is 5.82 Å². The van der Waals surface area contributed by atoms with Crippen LogP contribution in [0.1, 0.15) is 17.3 Å². The van der Waals surface area contributed by atoms with Crippen molar-refractivity contribution in [3.63, 3.8) is 0 Å². The fourth-order valence-electron chi connectivity index (χ4n) is 1.97. The lowest BCUT2D eigenvalue weighted by molar-refractivity contribution is 0.0818. The van der Waals surface area contributed by atoms with Gasteiger partial charge in [0.2, 0.25) is 15.8 Å². The maximum absolute atomic E-state index is 13.0. The Morgan fingerprint density at radius 3 is 2.38 bits per heavy atom. The van der Waals surface area contributed by atoms with Gasteiger partial charge in [0.25, 0.3) is 0 Å². The number of carbonyl (C=O) groups is 1. The van der Waals surface area contributed by atoms with Gasteiger partial charge in [-0.3, -0.25) is 9.52 Å². The smallest absolute Gasteiger partial charge is 0.229 e. The standard InChI is InChI=1S/C16H15ClFNO4S/c1-10(23-15-8-5-12(18)9-14(15)17)16(20)11-3-6-13(7-4-11)19-24(2,21)22/h3-10,19H,1-2H3/t10-/m0/s1. The van der Waals surface area contributed by atoms with Crippen LogP contribution >= 0.6 is 11.6 Å². The summed E-state index contributed by atoms with van der Waals surface area (Å²) in [6.07, 6.45) is 0.190. The van der Waals surface area contributed by atoms with Crippen molar-refractivity contribution in [2.75, 3.05) is 11.0 Å². The van der Waals surface area contributed by atoms with Gasteiger partial charge in [-0.15, -0.1) is 0 Å². The summed E-state index contributed by atoms with van der Waals surface area (Å²) in [5.41, 5.74) is 0.698. The van der Waals surface area contributed by atoms with Crippen LogP contribution in [0.25, 0.3) is 0 Å². The minimum atomic E-state index is -3.38. The zero-order valence-corrected chi connectivity index (χ0v) is 14.5. The van der Waals surface area contributed by atoms with Gasteiger partial charge >= 0.3 is 0 Å². The second kappa shape index (κ2) is 7.19. The van der Waals surface area contributed by atoms with E-state index >= 15 is 0 Å². The Morgan fingerprint density at radius 2 is 1.83 bits per heavy atom. The van der Waals surface area contributed by atoms with E-state index in [9.17, 15) is 17.6 Å². The zero-order valence-electron chi connectivity index (χ0n) is 12.9. The molecule has 24 heavy (non-hydrogen) atoms. The molecule has 5 nitrogen and oxygen atoms in total. The van der Waals surface area contributed by atoms with E-state index < -0.39 is 21.9 Å². The largest absolute Gasteiger partial charge is 0.481 e. The van der Waals surface area contributed by atoms with Gasteiger partial charge in [-0.05, 0) is 49.4 Å². The van der Waals surface area contributed by atoms with E-state index in [-0.39, 0.29) is 16.6 Å². The van der Waals surface area contributed by atoms with Crippen LogP contribution in [0.2, 0.25) is 5.02 Å². The Labute approximate surface area is 144 Å². The molecule has 128 valence electrons. The summed E-state index contributed by atoms with van der Waals surface area (Å²) in [7, 11) is -3.38. The van der Waals surface area contributed by atoms with Crippen molar-refractivity contribution in [3.8, 4) is 5.75 Å². The monoisotopic (exact) mass is 371 g/mol. The maximum Gasteiger partial charge on any atom is 0.229 e. The molecule has 0 heterocycles. The van der Waals surface area contributed by atoms with Crippen molar-refractivity contribution < 1.29 is 22.3 Å². The summed E-state index contributed by atoms with van der Waals surface area (Å²) >= 11 is 5.87. The van der Waals surface area contributed by atoms with Gasteiger partial charge in [0.15, 0.2) is 6.10 Å². The highest BCUT2D eigenvalue weighted by atomic mass is 35.5. The second-order valence-corrected chi connectivity index (χ2v) is 7.31. The first-order valence-corrected chi connectivity index (χ1v) is 9.16. The highest BCUT2D eigenvalue weighted by Crippen LogP contribution is 2.26. The summed E-state index contributed by atoms with van der Waals surface area (Å²) in [4.78, 5) is 12.3. The molecule has 8 heteroatoms. The number of ether oxygens (including phenoxy) is 1. The predicted molar refractivity (Wildman–Crippen MR) is 90.7 cm³/mol. The van der Waals surface area contributed by atoms with E-state index in [1.54, 1.807) is 6.92 Å². The number of nitrogens with one attached hydrogen (secondary N) is 1. The third kappa shape index (κ3) is 4.94. The van der Waals surface area contributed by atoms with E-state index in [0.29, 0.717) is 11.3 Å². The number of halogens is 2. The SMILES string of the molecule is C[C@H](Oc1ccc(F)cc1Cl)C(=O)c1ccc(NS(C)(=O)=O)cc1. The molecular formula is C16H15ClFNO4S. The minimum absolute atomic E-state index is 0.0716. The van der Waals surface area contributed by atoms with Crippen molar-refractivity contribution in [3.05, 3.63) is 58.9 Å². The molecule has 0 bridgehead atoms. The summed E-state index contributed by atoms with van der Waals surface area (Å²) in [6, 6.07) is 9.56. The number of carbonyl (C=O) groups excluding carboxylic acids is 1. The highest BCUT2D eigenvalue weighted by molar-refractivity contribution is 7.92. The van der Waals surface area contributed by atoms with E-state index in [1.807, 2.05) is 0 Å². The van der Waals surface area contributed by atoms with Gasteiger partial charge in [-0.1, -0.05) is 11.6 Å². The average Bonchev–Trinajstić information content (AvgIpc) is 2.48. The number of sulfonamides is 1. The Hall–Kier alpha value is -2.12. The Morgan fingerprint density at radius 1 is 1.21 bits per heavy atom. The number of ketones is 1. The second-order valence-electron chi connectivity index (χ2n) is 5.15. The van der Waals surface area contributed by atoms with Crippen LogP contribution in [0.3, 0.4) is 0 Å². The van der Waals surface area contributed by atoms with Crippen LogP contribution in [0.15, 0.2) is 42.5 Å². The molecule has 2 aromatic rings. The molecule has 0 spiro atoms. The number of benzene rings is 2. The van der Waals surface area contributed by atoms with Crippen molar-refractivity contribution in [2.45, 2.75) is 13.0 Å². The van der Waals surface area contributed by atoms with Gasteiger partial charge in [0.05, 0.1) is 11.3 Å². The Kier molecular flexibility index (Phi) is 5.46. The lowest BCUT2D eigenvalue weighted by Gasteiger charge is -2.15. The molecule has 0 saturated carbocycles. The Bertz CT molecular complexity index is 853. The van der Waals surface area contributed by atoms with Crippen LogP contribution < -0.4 is 9.46 Å². The lowest BCUT2D eigenvalue weighted by atomic mass is 10.1. The van der Waals surface area contributed by atoms with Gasteiger partial charge in [0, 0.05) is 11.3 Å². The number of Topliss-reactive ketones (excluding diaryl/α,β-unsaturated/α-hetero) is 1. The van der Waals surface area contributed by atoms with E-state index in [4.69, 9.17) is 16.3 Å². The number of hydrogen-bond acceptors (Lipinski definition) is 4. The molecule has 0 aliphatic rings. The van der Waals surface area contributed by atoms with Crippen LogP contribution in [-0.2, 0) is 10.0 Å². The Balaban J connectivity index is 2.10. The quantitative estimate of drug-likeness (QED) is 0.789. The fraction of sp³-hybridized carbons (Fsp3) is 0.188. The molecule has 0 aliphatic carbocycles. The van der Waals surface area contributed by atoms with Crippen LogP contribution in [-0.4, -0.2) is 26.6 Å². The van der Waals surface area contributed by atoms with Gasteiger partial charge in [0.1, 0.15) is 11.6 Å². The lowest BCUT2D eigenvalue weighted by Crippen LogP contribution is -2.24. The minimum Gasteiger partial charge on any atom is -0.481 e. The molecule has 2 rings (SSSR count). The van der Waals surface area contributed by atoms with Crippen molar-refractivity contribution in [2.24, 2.45) is 0 Å². The molecule has 1 atom stereocenters. The van der Waals surface area contributed by atoms with Crippen LogP contribution in [0.5, 0.6) is 5.75 Å². The molecule has 2 aromatic carbocycles. The van der Waals surface area contributed by atoms with Gasteiger partial charge in [-0.25, -0.2) is 12.8 Å². The molecule has 0 fully saturated rings. The molecule has 0 saturated heterocycles. The predicted octanol–water partition coefficient (Wildman–Crippen LogP) is 3.50. The number of rotatable bonds is 6. The molecule has 0 amide bonds. The molecular weight excluding hydrogens is 357 g/mol. The summed E-state index contributed by atoms with van der Waals surface area (Å²) in [5.74, 6) is -0.615. The zero-order chi connectivity index (χ0) is 17.9. The molecule has 1 N–H and O–H groups in total. The van der Waals surface area contributed by atoms with Crippen molar-refractivity contribution in [1.82, 2.24) is 0 Å². The number of anilines is 1. The first kappa shape index (κ1) is 18.2. The van der Waals surface area contributed by atoms with Gasteiger partial charge in [-0.2, -0.15) is 0 Å². The normalized spacial score (nSPS) is 12.5. The fourth-order valence-corrected chi connectivity index (χ4v) is 2.74. The first-order chi connectivity index (χ1) is 11.2. The van der Waals surface area contributed by atoms with Crippen molar-refractivity contribution >= 4 is 33.1 Å². The highest BCUT2D eigenvalue weighted by Gasteiger charge is 2.18. The first-order valence-electron chi connectivity index (χ1n) is 6.89. The van der Waals surface area contributed by atoms with Gasteiger partial charge < -0.3 is 4.74 Å². The molecule has 0 aromatic heterocycles. The number of hydrogen-bond donors (Lipinski definition) is 1. The van der Waals surface area contributed by atoms with E-state index in [1.165, 1.54) is 36.4 Å². The third-order valence-electron chi connectivity index (χ3n) is 3.04. The molecule has 0 aliphatic heterocycles. The molecule has 0 radical (unpaired) electrons. The topological polar surface area (TPSA) is 72.5 Å². The van der Waals surface area contributed by atoms with Crippen LogP contribution in [0.4, 0.5) is 10.1 Å². The summed E-state index contributed by atoms with van der Waals surface area (Å²) < 4.78 is 43.1. The van der Waals surface area contributed by atoms with E-state index in [2.05, 4.69) is 4.72 Å². The summed E-state index contributed by atoms with van der Waals surface area (Å²) in [6.45, 7) is 1.55. The van der Waals surface area contributed by atoms with E-state index in [0.717, 1.165) is 12.3 Å². The average molecular weight is 372 g/mol. The summed E-state index contributed by atoms with van der Waals surface area (Å²) in [5, 5.41) is 0.0716. The third-order valence-corrected chi connectivity index (χ3v) is 3.94.